The fourth-order valence-electron chi connectivity index (χ4n) is 1.96. The first kappa shape index (κ1) is 12.4. The number of rotatable bonds is 4. The van der Waals surface area contributed by atoms with Crippen molar-refractivity contribution in [2.45, 2.75) is 13.5 Å². The van der Waals surface area contributed by atoms with Crippen molar-refractivity contribution < 1.29 is 4.39 Å². The standard InChI is InChI=1S/C15H17FN2/c1-2-18(12-7-4-3-5-8-12)11-13-14(16)9-6-10-15(13)17/h3-10H,2,11,17H2,1H3. The number of nitrogens with two attached hydrogens (primary N) is 1. The second-order valence-corrected chi connectivity index (χ2v) is 4.16. The molecule has 0 saturated carbocycles. The lowest BCUT2D eigenvalue weighted by molar-refractivity contribution is 0.606. The third-order valence-electron chi connectivity index (χ3n) is 3.01. The number of anilines is 2. The van der Waals surface area contributed by atoms with Crippen LogP contribution in [0.1, 0.15) is 12.5 Å². The van der Waals surface area contributed by atoms with E-state index in [2.05, 4.69) is 4.90 Å². The Morgan fingerprint density at radius 1 is 1.06 bits per heavy atom. The number of hydrogen-bond acceptors (Lipinski definition) is 2. The molecular weight excluding hydrogens is 227 g/mol. The molecule has 0 fully saturated rings. The molecule has 0 atom stereocenters. The molecule has 0 amide bonds. The molecule has 0 saturated heterocycles. The Labute approximate surface area is 107 Å². The Balaban J connectivity index is 2.26. The van der Waals surface area contributed by atoms with Gasteiger partial charge in [0.1, 0.15) is 5.82 Å². The number of benzene rings is 2. The summed E-state index contributed by atoms with van der Waals surface area (Å²) in [6.45, 7) is 3.33. The largest absolute Gasteiger partial charge is 0.398 e. The molecule has 3 heteroatoms. The lowest BCUT2D eigenvalue weighted by Gasteiger charge is -2.24. The first-order chi connectivity index (χ1) is 8.72. The van der Waals surface area contributed by atoms with E-state index in [0.29, 0.717) is 17.8 Å². The normalized spacial score (nSPS) is 10.3. The summed E-state index contributed by atoms with van der Waals surface area (Å²) < 4.78 is 13.8. The van der Waals surface area contributed by atoms with Gasteiger partial charge in [-0.3, -0.25) is 0 Å². The minimum atomic E-state index is -0.246. The zero-order valence-electron chi connectivity index (χ0n) is 10.4. The van der Waals surface area contributed by atoms with E-state index < -0.39 is 0 Å². The van der Waals surface area contributed by atoms with Crippen LogP contribution in [-0.2, 0) is 6.54 Å². The molecular formula is C15H17FN2. The van der Waals surface area contributed by atoms with E-state index in [9.17, 15) is 4.39 Å². The third kappa shape index (κ3) is 2.62. The van der Waals surface area contributed by atoms with Crippen molar-refractivity contribution in [1.82, 2.24) is 0 Å². The van der Waals surface area contributed by atoms with E-state index in [4.69, 9.17) is 5.73 Å². The fraction of sp³-hybridized carbons (Fsp3) is 0.200. The molecule has 0 aliphatic heterocycles. The molecule has 0 bridgehead atoms. The molecule has 2 aromatic rings. The van der Waals surface area contributed by atoms with Gasteiger partial charge in [-0.15, -0.1) is 0 Å². The molecule has 0 aliphatic rings. The smallest absolute Gasteiger partial charge is 0.130 e. The van der Waals surface area contributed by atoms with Gasteiger partial charge in [0.05, 0.1) is 0 Å². The lowest BCUT2D eigenvalue weighted by atomic mass is 10.1. The lowest BCUT2D eigenvalue weighted by Crippen LogP contribution is -2.23. The maximum absolute atomic E-state index is 13.8. The topological polar surface area (TPSA) is 29.3 Å². The number of halogens is 1. The van der Waals surface area contributed by atoms with Crippen LogP contribution >= 0.6 is 0 Å². The van der Waals surface area contributed by atoms with Crippen LogP contribution in [0.2, 0.25) is 0 Å². The molecule has 2 nitrogen and oxygen atoms in total. The maximum atomic E-state index is 13.8. The highest BCUT2D eigenvalue weighted by Gasteiger charge is 2.11. The summed E-state index contributed by atoms with van der Waals surface area (Å²) in [4.78, 5) is 2.09. The summed E-state index contributed by atoms with van der Waals surface area (Å²) >= 11 is 0. The predicted molar refractivity (Wildman–Crippen MR) is 74.0 cm³/mol. The molecule has 2 N–H and O–H groups in total. The quantitative estimate of drug-likeness (QED) is 0.835. The van der Waals surface area contributed by atoms with Crippen molar-refractivity contribution in [2.24, 2.45) is 0 Å². The highest BCUT2D eigenvalue weighted by molar-refractivity contribution is 5.52. The number of nitrogen functional groups attached to an aromatic ring is 1. The minimum absolute atomic E-state index is 0.246. The average Bonchev–Trinajstić information content (AvgIpc) is 2.40. The maximum Gasteiger partial charge on any atom is 0.130 e. The Morgan fingerprint density at radius 3 is 2.39 bits per heavy atom. The summed E-state index contributed by atoms with van der Waals surface area (Å²) in [5, 5.41) is 0. The van der Waals surface area contributed by atoms with Crippen molar-refractivity contribution in [3.8, 4) is 0 Å². The molecule has 2 aromatic carbocycles. The van der Waals surface area contributed by atoms with Crippen LogP contribution in [0.4, 0.5) is 15.8 Å². The summed E-state index contributed by atoms with van der Waals surface area (Å²) in [7, 11) is 0. The SMILES string of the molecule is CCN(Cc1c(N)cccc1F)c1ccccc1. The molecule has 0 radical (unpaired) electrons. The second kappa shape index (κ2) is 5.54. The molecule has 0 aliphatic carbocycles. The van der Waals surface area contributed by atoms with Crippen LogP contribution in [0, 0.1) is 5.82 Å². The van der Waals surface area contributed by atoms with Crippen molar-refractivity contribution >= 4 is 11.4 Å². The van der Waals surface area contributed by atoms with Gasteiger partial charge in [-0.25, -0.2) is 4.39 Å². The van der Waals surface area contributed by atoms with Crippen LogP contribution < -0.4 is 10.6 Å². The number of para-hydroxylation sites is 1. The highest BCUT2D eigenvalue weighted by atomic mass is 19.1. The van der Waals surface area contributed by atoms with Gasteiger partial charge >= 0.3 is 0 Å². The molecule has 2 rings (SSSR count). The number of hydrogen-bond donors (Lipinski definition) is 1. The van der Waals surface area contributed by atoms with Crippen molar-refractivity contribution in [2.75, 3.05) is 17.2 Å². The van der Waals surface area contributed by atoms with Gasteiger partial charge < -0.3 is 10.6 Å². The van der Waals surface area contributed by atoms with E-state index in [1.165, 1.54) is 6.07 Å². The van der Waals surface area contributed by atoms with Crippen molar-refractivity contribution in [1.29, 1.82) is 0 Å². The Hall–Kier alpha value is -2.03. The summed E-state index contributed by atoms with van der Waals surface area (Å²) in [6.07, 6.45) is 0. The zero-order valence-corrected chi connectivity index (χ0v) is 10.4. The molecule has 94 valence electrons. The molecule has 18 heavy (non-hydrogen) atoms. The van der Waals surface area contributed by atoms with E-state index >= 15 is 0 Å². The van der Waals surface area contributed by atoms with Gasteiger partial charge in [0.15, 0.2) is 0 Å². The van der Waals surface area contributed by atoms with Gasteiger partial charge in [-0.05, 0) is 31.2 Å². The highest BCUT2D eigenvalue weighted by Crippen LogP contribution is 2.21. The zero-order chi connectivity index (χ0) is 13.0. The van der Waals surface area contributed by atoms with Crippen LogP contribution in [0.3, 0.4) is 0 Å². The second-order valence-electron chi connectivity index (χ2n) is 4.16. The monoisotopic (exact) mass is 244 g/mol. The molecule has 0 aromatic heterocycles. The van der Waals surface area contributed by atoms with Crippen molar-refractivity contribution in [3.05, 3.63) is 59.9 Å². The molecule has 0 spiro atoms. The summed E-state index contributed by atoms with van der Waals surface area (Å²) in [6, 6.07) is 14.8. The van der Waals surface area contributed by atoms with Gasteiger partial charge in [-0.1, -0.05) is 24.3 Å². The van der Waals surface area contributed by atoms with Gasteiger partial charge in [0.25, 0.3) is 0 Å². The first-order valence-electron chi connectivity index (χ1n) is 6.05. The van der Waals surface area contributed by atoms with Crippen LogP contribution in [0.5, 0.6) is 0 Å². The Bertz CT molecular complexity index is 491. The van der Waals surface area contributed by atoms with E-state index in [1.54, 1.807) is 12.1 Å². The van der Waals surface area contributed by atoms with Gasteiger partial charge in [0, 0.05) is 30.0 Å². The van der Waals surface area contributed by atoms with Crippen LogP contribution in [0.25, 0.3) is 0 Å². The number of nitrogens with zero attached hydrogens (tertiary/aromatic N) is 1. The van der Waals surface area contributed by atoms with Crippen LogP contribution in [-0.4, -0.2) is 6.54 Å². The first-order valence-corrected chi connectivity index (χ1v) is 6.05. The Morgan fingerprint density at radius 2 is 1.78 bits per heavy atom. The average molecular weight is 244 g/mol. The summed E-state index contributed by atoms with van der Waals surface area (Å²) in [5.41, 5.74) is 7.97. The van der Waals surface area contributed by atoms with Gasteiger partial charge in [0.2, 0.25) is 0 Å². The third-order valence-corrected chi connectivity index (χ3v) is 3.01. The fourth-order valence-corrected chi connectivity index (χ4v) is 1.96. The molecule has 0 unspecified atom stereocenters. The Kier molecular flexibility index (Phi) is 3.82. The van der Waals surface area contributed by atoms with E-state index in [1.807, 2.05) is 37.3 Å². The van der Waals surface area contributed by atoms with E-state index in [-0.39, 0.29) is 5.82 Å². The summed E-state index contributed by atoms with van der Waals surface area (Å²) in [5.74, 6) is -0.246. The van der Waals surface area contributed by atoms with Gasteiger partial charge in [-0.2, -0.15) is 0 Å². The van der Waals surface area contributed by atoms with Crippen molar-refractivity contribution in [3.63, 3.8) is 0 Å². The van der Waals surface area contributed by atoms with Crippen LogP contribution in [0.15, 0.2) is 48.5 Å². The predicted octanol–water partition coefficient (Wildman–Crippen LogP) is 3.43. The van der Waals surface area contributed by atoms with E-state index in [0.717, 1.165) is 12.2 Å². The minimum Gasteiger partial charge on any atom is -0.398 e. The molecule has 0 heterocycles.